The zero-order valence-electron chi connectivity index (χ0n) is 10.4. The molecule has 0 aromatic carbocycles. The molecule has 4 heteroatoms. The lowest BCUT2D eigenvalue weighted by Crippen LogP contribution is -2.23. The Morgan fingerprint density at radius 3 is 2.81 bits per heavy atom. The summed E-state index contributed by atoms with van der Waals surface area (Å²) in [6.07, 6.45) is 1.69. The Kier molecular flexibility index (Phi) is 5.49. The monoisotopic (exact) mass is 226 g/mol. The first-order valence-electron chi connectivity index (χ1n) is 5.90. The number of aliphatic hydroxyl groups excluding tert-OH is 1. The molecule has 1 aromatic heterocycles. The van der Waals surface area contributed by atoms with Gasteiger partial charge in [-0.05, 0) is 26.3 Å². The second-order valence-corrected chi connectivity index (χ2v) is 4.19. The summed E-state index contributed by atoms with van der Waals surface area (Å²) in [5.74, 6) is 0. The van der Waals surface area contributed by atoms with Crippen molar-refractivity contribution in [3.05, 3.63) is 17.5 Å². The van der Waals surface area contributed by atoms with Crippen LogP contribution < -0.4 is 0 Å². The van der Waals surface area contributed by atoms with Crippen molar-refractivity contribution in [1.82, 2.24) is 9.78 Å². The van der Waals surface area contributed by atoms with Crippen LogP contribution in [0.2, 0.25) is 0 Å². The minimum atomic E-state index is -0.477. The quantitative estimate of drug-likeness (QED) is 0.719. The lowest BCUT2D eigenvalue weighted by Gasteiger charge is -2.12. The Labute approximate surface area is 97.2 Å². The molecule has 0 amide bonds. The van der Waals surface area contributed by atoms with Gasteiger partial charge in [-0.3, -0.25) is 4.68 Å². The van der Waals surface area contributed by atoms with E-state index in [9.17, 15) is 5.11 Å². The Bertz CT molecular complexity index is 310. The van der Waals surface area contributed by atoms with Gasteiger partial charge in [0.1, 0.15) is 0 Å². The predicted octanol–water partition coefficient (Wildman–Crippen LogP) is 1.68. The van der Waals surface area contributed by atoms with Crippen LogP contribution in [0.15, 0.2) is 6.07 Å². The highest BCUT2D eigenvalue weighted by molar-refractivity contribution is 5.06. The van der Waals surface area contributed by atoms with E-state index in [0.29, 0.717) is 13.2 Å². The van der Waals surface area contributed by atoms with Crippen LogP contribution >= 0.6 is 0 Å². The van der Waals surface area contributed by atoms with Crippen LogP contribution in [0.4, 0.5) is 0 Å². The van der Waals surface area contributed by atoms with Crippen molar-refractivity contribution in [2.45, 2.75) is 46.3 Å². The van der Waals surface area contributed by atoms with E-state index in [1.807, 2.05) is 24.6 Å². The van der Waals surface area contributed by atoms with Crippen molar-refractivity contribution in [2.24, 2.45) is 0 Å². The molecule has 0 saturated carbocycles. The van der Waals surface area contributed by atoms with Crippen molar-refractivity contribution in [1.29, 1.82) is 0 Å². The lowest BCUT2D eigenvalue weighted by atomic mass is 10.3. The molecule has 4 nitrogen and oxygen atoms in total. The van der Waals surface area contributed by atoms with Gasteiger partial charge < -0.3 is 9.84 Å². The van der Waals surface area contributed by atoms with Crippen LogP contribution in [0.1, 0.15) is 31.2 Å². The first kappa shape index (κ1) is 13.2. The average molecular weight is 226 g/mol. The maximum absolute atomic E-state index is 9.75. The van der Waals surface area contributed by atoms with E-state index < -0.39 is 6.10 Å². The molecule has 92 valence electrons. The molecule has 1 N–H and O–H groups in total. The molecular formula is C12H22N2O2. The van der Waals surface area contributed by atoms with Gasteiger partial charge in [0.25, 0.3) is 0 Å². The van der Waals surface area contributed by atoms with E-state index in [2.05, 4.69) is 12.0 Å². The van der Waals surface area contributed by atoms with Gasteiger partial charge in [-0.2, -0.15) is 5.10 Å². The summed E-state index contributed by atoms with van der Waals surface area (Å²) >= 11 is 0. The van der Waals surface area contributed by atoms with E-state index in [0.717, 1.165) is 30.8 Å². The molecule has 0 fully saturated rings. The fourth-order valence-corrected chi connectivity index (χ4v) is 1.58. The summed E-state index contributed by atoms with van der Waals surface area (Å²) in [4.78, 5) is 0. The molecular weight excluding hydrogens is 204 g/mol. The molecule has 1 heterocycles. The van der Waals surface area contributed by atoms with Crippen LogP contribution in [0.25, 0.3) is 0 Å². The van der Waals surface area contributed by atoms with E-state index in [1.54, 1.807) is 0 Å². The maximum Gasteiger partial charge on any atom is 0.0969 e. The summed E-state index contributed by atoms with van der Waals surface area (Å²) in [6, 6.07) is 2.00. The molecule has 1 rings (SSSR count). The zero-order valence-corrected chi connectivity index (χ0v) is 10.4. The Morgan fingerprint density at radius 1 is 1.50 bits per heavy atom. The molecule has 0 radical (unpaired) electrons. The van der Waals surface area contributed by atoms with Crippen molar-refractivity contribution in [3.63, 3.8) is 0 Å². The normalized spacial score (nSPS) is 13.0. The fraction of sp³-hybridized carbons (Fsp3) is 0.750. The molecule has 0 aliphatic heterocycles. The Hall–Kier alpha value is -0.870. The predicted molar refractivity (Wildman–Crippen MR) is 63.4 cm³/mol. The van der Waals surface area contributed by atoms with Crippen molar-refractivity contribution in [2.75, 3.05) is 13.2 Å². The standard InChI is InChI=1S/C12H22N2O2/c1-4-5-6-16-9-12(15)8-14-11(3)7-10(2)13-14/h7,12,15H,4-6,8-9H2,1-3H3. The van der Waals surface area contributed by atoms with E-state index in [1.165, 1.54) is 0 Å². The number of hydrogen-bond acceptors (Lipinski definition) is 3. The molecule has 0 aliphatic rings. The molecule has 1 atom stereocenters. The van der Waals surface area contributed by atoms with Gasteiger partial charge in [-0.25, -0.2) is 0 Å². The fourth-order valence-electron chi connectivity index (χ4n) is 1.58. The van der Waals surface area contributed by atoms with Crippen molar-refractivity contribution < 1.29 is 9.84 Å². The molecule has 1 aromatic rings. The van der Waals surface area contributed by atoms with Crippen molar-refractivity contribution in [3.8, 4) is 0 Å². The third-order valence-corrected chi connectivity index (χ3v) is 2.44. The number of aryl methyl sites for hydroxylation is 2. The summed E-state index contributed by atoms with van der Waals surface area (Å²) in [5, 5.41) is 14.0. The first-order chi connectivity index (χ1) is 7.63. The molecule has 0 bridgehead atoms. The largest absolute Gasteiger partial charge is 0.389 e. The van der Waals surface area contributed by atoms with E-state index in [4.69, 9.17) is 4.74 Å². The number of nitrogens with zero attached hydrogens (tertiary/aromatic N) is 2. The van der Waals surface area contributed by atoms with Gasteiger partial charge in [-0.1, -0.05) is 13.3 Å². The van der Waals surface area contributed by atoms with Crippen molar-refractivity contribution >= 4 is 0 Å². The lowest BCUT2D eigenvalue weighted by molar-refractivity contribution is 0.0250. The highest BCUT2D eigenvalue weighted by atomic mass is 16.5. The number of unbranched alkanes of at least 4 members (excludes halogenated alkanes) is 1. The highest BCUT2D eigenvalue weighted by Crippen LogP contribution is 2.03. The third-order valence-electron chi connectivity index (χ3n) is 2.44. The second kappa shape index (κ2) is 6.66. The number of aliphatic hydroxyl groups is 1. The SMILES string of the molecule is CCCCOCC(O)Cn1nc(C)cc1C. The second-order valence-electron chi connectivity index (χ2n) is 4.19. The van der Waals surface area contributed by atoms with Crippen LogP contribution in [0, 0.1) is 13.8 Å². The van der Waals surface area contributed by atoms with Gasteiger partial charge >= 0.3 is 0 Å². The zero-order chi connectivity index (χ0) is 12.0. The molecule has 0 spiro atoms. The van der Waals surface area contributed by atoms with Gasteiger partial charge in [0, 0.05) is 12.3 Å². The van der Waals surface area contributed by atoms with Gasteiger partial charge in [0.2, 0.25) is 0 Å². The summed E-state index contributed by atoms with van der Waals surface area (Å²) < 4.78 is 7.19. The van der Waals surface area contributed by atoms with Crippen LogP contribution in [-0.4, -0.2) is 34.2 Å². The van der Waals surface area contributed by atoms with Crippen LogP contribution in [0.3, 0.4) is 0 Å². The van der Waals surface area contributed by atoms with Crippen LogP contribution in [0.5, 0.6) is 0 Å². The first-order valence-corrected chi connectivity index (χ1v) is 5.90. The summed E-state index contributed by atoms with van der Waals surface area (Å²) in [5.41, 5.74) is 2.06. The molecule has 16 heavy (non-hydrogen) atoms. The van der Waals surface area contributed by atoms with Gasteiger partial charge in [0.05, 0.1) is 24.9 Å². The topological polar surface area (TPSA) is 47.3 Å². The number of hydrogen-bond donors (Lipinski definition) is 1. The summed E-state index contributed by atoms with van der Waals surface area (Å²) in [7, 11) is 0. The van der Waals surface area contributed by atoms with E-state index in [-0.39, 0.29) is 0 Å². The smallest absolute Gasteiger partial charge is 0.0969 e. The number of rotatable bonds is 7. The minimum Gasteiger partial charge on any atom is -0.389 e. The van der Waals surface area contributed by atoms with Crippen LogP contribution in [-0.2, 0) is 11.3 Å². The third kappa shape index (κ3) is 4.33. The number of ether oxygens (including phenoxy) is 1. The molecule has 0 saturated heterocycles. The number of aromatic nitrogens is 2. The average Bonchev–Trinajstić information content (AvgIpc) is 2.52. The Balaban J connectivity index is 2.28. The Morgan fingerprint density at radius 2 is 2.25 bits per heavy atom. The minimum absolute atomic E-state index is 0.387. The van der Waals surface area contributed by atoms with Gasteiger partial charge in [0.15, 0.2) is 0 Å². The summed E-state index contributed by atoms with van der Waals surface area (Å²) in [6.45, 7) is 7.68. The molecule has 0 aliphatic carbocycles. The maximum atomic E-state index is 9.75. The highest BCUT2D eigenvalue weighted by Gasteiger charge is 2.08. The molecule has 1 unspecified atom stereocenters. The van der Waals surface area contributed by atoms with Gasteiger partial charge in [-0.15, -0.1) is 0 Å². The van der Waals surface area contributed by atoms with E-state index >= 15 is 0 Å².